The van der Waals surface area contributed by atoms with Crippen molar-refractivity contribution in [2.75, 3.05) is 13.2 Å². The fourth-order valence-corrected chi connectivity index (χ4v) is 7.52. The molecule has 0 aromatic heterocycles. The van der Waals surface area contributed by atoms with Crippen molar-refractivity contribution in [3.63, 3.8) is 0 Å². The van der Waals surface area contributed by atoms with Gasteiger partial charge >= 0.3 is 11.9 Å². The first-order chi connectivity index (χ1) is 19.2. The van der Waals surface area contributed by atoms with Gasteiger partial charge in [-0.3, -0.25) is 15.3 Å². The van der Waals surface area contributed by atoms with Gasteiger partial charge < -0.3 is 29.7 Å². The van der Waals surface area contributed by atoms with Gasteiger partial charge in [0.1, 0.15) is 18.4 Å². The smallest absolute Gasteiger partial charge is 0.302 e. The van der Waals surface area contributed by atoms with Gasteiger partial charge in [-0.1, -0.05) is 26.2 Å². The van der Waals surface area contributed by atoms with E-state index in [-0.39, 0.29) is 55.0 Å². The lowest BCUT2D eigenvalue weighted by Crippen LogP contribution is -2.94. The molecule has 1 saturated heterocycles. The van der Waals surface area contributed by atoms with Gasteiger partial charge in [-0.15, -0.1) is 0 Å². The summed E-state index contributed by atoms with van der Waals surface area (Å²) in [5.74, 6) is 0.653. The number of nitrogens with two attached hydrogens (primary N) is 2. The predicted octanol–water partition coefficient (Wildman–Crippen LogP) is 2.79. The largest absolute Gasteiger partial charge is 0.462 e. The maximum Gasteiger partial charge on any atom is 0.302 e. The Hall–Kier alpha value is -1.26. The Morgan fingerprint density at radius 1 is 0.975 bits per heavy atom. The topological polar surface area (TPSA) is 145 Å². The zero-order chi connectivity index (χ0) is 29.1. The highest BCUT2D eigenvalue weighted by molar-refractivity contribution is 5.66. The number of aliphatic hydroxyl groups excluding tert-OH is 2. The van der Waals surface area contributed by atoms with Gasteiger partial charge in [-0.2, -0.15) is 0 Å². The van der Waals surface area contributed by atoms with Gasteiger partial charge in [0.2, 0.25) is 0 Å². The van der Waals surface area contributed by atoms with Crippen molar-refractivity contribution in [3.8, 4) is 0 Å². The summed E-state index contributed by atoms with van der Waals surface area (Å²) in [4.78, 5) is 23.9. The van der Waals surface area contributed by atoms with Gasteiger partial charge in [0.05, 0.1) is 24.9 Å². The van der Waals surface area contributed by atoms with Gasteiger partial charge in [0.25, 0.3) is 0 Å². The second-order valence-corrected chi connectivity index (χ2v) is 12.8. The predicted molar refractivity (Wildman–Crippen MR) is 152 cm³/mol. The lowest BCUT2D eigenvalue weighted by molar-refractivity contribution is -0.699. The Morgan fingerprint density at radius 3 is 2.25 bits per heavy atom. The van der Waals surface area contributed by atoms with Crippen molar-refractivity contribution in [3.05, 3.63) is 0 Å². The average Bonchev–Trinajstić information content (AvgIpc) is 3.41. The molecule has 6 N–H and O–H groups in total. The second-order valence-electron chi connectivity index (χ2n) is 12.8. The number of carbonyl (C=O) groups is 2. The quantitative estimate of drug-likeness (QED) is 0.220. The fourth-order valence-electron chi connectivity index (χ4n) is 7.52. The molecule has 2 aliphatic carbocycles. The fraction of sp³-hybridized carbons (Fsp3) is 0.935. The van der Waals surface area contributed by atoms with Crippen LogP contribution in [0.15, 0.2) is 0 Å². The normalized spacial score (nSPS) is 31.9. The molecule has 0 bridgehead atoms. The Bertz CT molecular complexity index is 758. The van der Waals surface area contributed by atoms with Crippen molar-refractivity contribution >= 4 is 11.9 Å². The van der Waals surface area contributed by atoms with Crippen LogP contribution in [0, 0.1) is 23.7 Å². The van der Waals surface area contributed by atoms with Crippen LogP contribution in [0.3, 0.4) is 0 Å². The van der Waals surface area contributed by atoms with E-state index in [1.165, 1.54) is 26.7 Å². The molecule has 3 fully saturated rings. The van der Waals surface area contributed by atoms with Crippen molar-refractivity contribution in [2.24, 2.45) is 29.4 Å². The molecule has 0 aromatic carbocycles. The zero-order valence-electron chi connectivity index (χ0n) is 25.2. The summed E-state index contributed by atoms with van der Waals surface area (Å²) in [6, 6.07) is 0. The molecular formula is C31H57N2O7+. The van der Waals surface area contributed by atoms with Gasteiger partial charge in [0, 0.05) is 33.3 Å². The summed E-state index contributed by atoms with van der Waals surface area (Å²) in [6.45, 7) is 6.00. The van der Waals surface area contributed by atoms with Crippen molar-refractivity contribution in [2.45, 2.75) is 147 Å². The van der Waals surface area contributed by atoms with Crippen LogP contribution in [0.1, 0.15) is 111 Å². The highest BCUT2D eigenvalue weighted by Crippen LogP contribution is 2.43. The molecule has 9 nitrogen and oxygen atoms in total. The molecule has 40 heavy (non-hydrogen) atoms. The maximum absolute atomic E-state index is 12.1. The lowest BCUT2D eigenvalue weighted by atomic mass is 9.66. The SMILES string of the molecule is CC[C@H](CO)CC[C@@H](C[C@@H](CCC1CC(OC2CCCC2)C(O)CC1C1CC[NH2+]C(N)C1)OC(C)=O)OC(C)=O. The molecule has 232 valence electrons. The third kappa shape index (κ3) is 10.9. The lowest BCUT2D eigenvalue weighted by Gasteiger charge is -2.45. The molecular weight excluding hydrogens is 512 g/mol. The average molecular weight is 570 g/mol. The van der Waals surface area contributed by atoms with E-state index in [2.05, 4.69) is 5.32 Å². The van der Waals surface area contributed by atoms with Crippen molar-refractivity contribution in [1.29, 1.82) is 0 Å². The van der Waals surface area contributed by atoms with Crippen LogP contribution in [0.25, 0.3) is 0 Å². The van der Waals surface area contributed by atoms with Crippen LogP contribution in [0.2, 0.25) is 0 Å². The van der Waals surface area contributed by atoms with Gasteiger partial charge in [-0.25, -0.2) is 0 Å². The summed E-state index contributed by atoms with van der Waals surface area (Å²) in [6.07, 6.45) is 11.4. The molecule has 0 spiro atoms. The summed E-state index contributed by atoms with van der Waals surface area (Å²) in [5.41, 5.74) is 6.33. The molecule has 3 rings (SSSR count). The number of rotatable bonds is 15. The van der Waals surface area contributed by atoms with Gasteiger partial charge in [0.15, 0.2) is 0 Å². The van der Waals surface area contributed by atoms with E-state index < -0.39 is 6.10 Å². The van der Waals surface area contributed by atoms with E-state index in [0.29, 0.717) is 37.0 Å². The minimum Gasteiger partial charge on any atom is -0.462 e. The van der Waals surface area contributed by atoms with E-state index in [0.717, 1.165) is 64.3 Å². The highest BCUT2D eigenvalue weighted by atomic mass is 16.6. The van der Waals surface area contributed by atoms with E-state index in [1.807, 2.05) is 6.92 Å². The maximum atomic E-state index is 12.1. The minimum atomic E-state index is -0.459. The van der Waals surface area contributed by atoms with Crippen molar-refractivity contribution < 1.29 is 39.3 Å². The number of ether oxygens (including phenoxy) is 3. The number of piperidine rings is 1. The molecule has 1 heterocycles. The van der Waals surface area contributed by atoms with Gasteiger partial charge in [-0.05, 0) is 81.5 Å². The summed E-state index contributed by atoms with van der Waals surface area (Å²) < 4.78 is 17.9. The Balaban J connectivity index is 1.69. The van der Waals surface area contributed by atoms with E-state index in [4.69, 9.17) is 19.9 Å². The molecule has 9 heteroatoms. The van der Waals surface area contributed by atoms with Crippen molar-refractivity contribution in [1.82, 2.24) is 0 Å². The highest BCUT2D eigenvalue weighted by Gasteiger charge is 2.43. The van der Waals surface area contributed by atoms with Crippen LogP contribution in [0.5, 0.6) is 0 Å². The van der Waals surface area contributed by atoms with E-state index in [1.54, 1.807) is 0 Å². The molecule has 6 unspecified atom stereocenters. The standard InChI is InChI=1S/C31H56N2O7/c1-4-22(19-34)9-11-26(38-20(2)35)17-27(39-21(3)36)12-10-23-15-30(40-25-7-5-6-8-25)29(37)18-28(23)24-13-14-33-31(32)16-24/h22-31,33-34,37H,4-19,32H2,1-3H3/p+1/t22-,23?,24?,26-,27+,28?,29?,30?,31?/m0/s1. The first kappa shape index (κ1) is 33.2. The van der Waals surface area contributed by atoms with Crippen LogP contribution in [0.4, 0.5) is 0 Å². The Kier molecular flexibility index (Phi) is 14.1. The minimum absolute atomic E-state index is 0.105. The second kappa shape index (κ2) is 17.0. The third-order valence-corrected chi connectivity index (χ3v) is 9.72. The summed E-state index contributed by atoms with van der Waals surface area (Å²) >= 11 is 0. The van der Waals surface area contributed by atoms with E-state index in [9.17, 15) is 19.8 Å². The molecule has 0 amide bonds. The summed E-state index contributed by atoms with van der Waals surface area (Å²) in [5, 5.41) is 23.0. The number of esters is 2. The third-order valence-electron chi connectivity index (χ3n) is 9.72. The van der Waals surface area contributed by atoms with E-state index >= 15 is 0 Å². The number of aliphatic hydroxyl groups is 2. The molecule has 0 radical (unpaired) electrons. The molecule has 0 aromatic rings. The Labute approximate surface area is 241 Å². The zero-order valence-corrected chi connectivity index (χ0v) is 25.2. The Morgan fingerprint density at radius 2 is 1.65 bits per heavy atom. The molecule has 2 saturated carbocycles. The number of carbonyl (C=O) groups excluding carboxylic acids is 2. The number of quaternary nitrogens is 1. The first-order valence-electron chi connectivity index (χ1n) is 16.1. The van der Waals surface area contributed by atoms with Crippen LogP contribution >= 0.6 is 0 Å². The van der Waals surface area contributed by atoms with Crippen LogP contribution < -0.4 is 11.1 Å². The van der Waals surface area contributed by atoms with Crippen LogP contribution in [-0.4, -0.2) is 72.0 Å². The number of hydrogen-bond acceptors (Lipinski definition) is 8. The molecule has 9 atom stereocenters. The monoisotopic (exact) mass is 569 g/mol. The first-order valence-corrected chi connectivity index (χ1v) is 16.1. The molecule has 3 aliphatic rings. The molecule has 1 aliphatic heterocycles. The number of hydrogen-bond donors (Lipinski definition) is 4. The summed E-state index contributed by atoms with van der Waals surface area (Å²) in [7, 11) is 0. The van der Waals surface area contributed by atoms with Crippen LogP contribution in [-0.2, 0) is 23.8 Å².